The number of aromatic nitrogens is 3. The Morgan fingerprint density at radius 3 is 2.78 bits per heavy atom. The summed E-state index contributed by atoms with van der Waals surface area (Å²) in [7, 11) is -2.32. The molecule has 0 aliphatic heterocycles. The van der Waals surface area contributed by atoms with Crippen molar-refractivity contribution in [2.75, 3.05) is 10.5 Å². The Kier molecular flexibility index (Phi) is 3.14. The second kappa shape index (κ2) is 4.46. The standard InChI is InChI=1S/C9H10ClN5O2S/c1-15-5-13-8(11)9(15)18(16,17)14-7-4-12-3-2-6(7)10/h2-5,14H,11H2,1H3. The molecule has 0 saturated heterocycles. The normalized spacial score (nSPS) is 11.4. The first-order valence-electron chi connectivity index (χ1n) is 4.81. The van der Waals surface area contributed by atoms with Gasteiger partial charge in [0.25, 0.3) is 10.0 Å². The highest BCUT2D eigenvalue weighted by molar-refractivity contribution is 7.92. The molecule has 0 atom stereocenters. The fourth-order valence-electron chi connectivity index (χ4n) is 1.41. The lowest BCUT2D eigenvalue weighted by Gasteiger charge is -2.09. The van der Waals surface area contributed by atoms with E-state index < -0.39 is 10.0 Å². The summed E-state index contributed by atoms with van der Waals surface area (Å²) in [6, 6.07) is 1.48. The Balaban J connectivity index is 2.43. The first-order chi connectivity index (χ1) is 8.42. The average Bonchev–Trinajstić information content (AvgIpc) is 2.62. The summed E-state index contributed by atoms with van der Waals surface area (Å²) < 4.78 is 27.9. The lowest BCUT2D eigenvalue weighted by Crippen LogP contribution is -2.18. The molecule has 2 aromatic rings. The first-order valence-corrected chi connectivity index (χ1v) is 6.67. The van der Waals surface area contributed by atoms with Gasteiger partial charge < -0.3 is 10.3 Å². The number of aryl methyl sites for hydroxylation is 1. The summed E-state index contributed by atoms with van der Waals surface area (Å²) >= 11 is 5.85. The summed E-state index contributed by atoms with van der Waals surface area (Å²) in [6.07, 6.45) is 4.08. The highest BCUT2D eigenvalue weighted by Gasteiger charge is 2.23. The Morgan fingerprint density at radius 2 is 2.22 bits per heavy atom. The number of nitrogens with two attached hydrogens (primary N) is 1. The van der Waals surface area contributed by atoms with E-state index in [-0.39, 0.29) is 21.6 Å². The highest BCUT2D eigenvalue weighted by atomic mass is 35.5. The molecule has 18 heavy (non-hydrogen) atoms. The van der Waals surface area contributed by atoms with Crippen molar-refractivity contribution >= 4 is 33.1 Å². The van der Waals surface area contributed by atoms with Crippen LogP contribution in [0.5, 0.6) is 0 Å². The Bertz CT molecular complexity index is 663. The van der Waals surface area contributed by atoms with Gasteiger partial charge in [-0.25, -0.2) is 4.98 Å². The van der Waals surface area contributed by atoms with E-state index in [1.807, 2.05) is 0 Å². The lowest BCUT2D eigenvalue weighted by atomic mass is 10.4. The number of nitrogens with one attached hydrogen (secondary N) is 1. The second-order valence-electron chi connectivity index (χ2n) is 3.51. The number of nitrogens with zero attached hydrogens (tertiary/aromatic N) is 3. The number of hydrogen-bond donors (Lipinski definition) is 2. The molecule has 0 radical (unpaired) electrons. The van der Waals surface area contributed by atoms with E-state index in [1.54, 1.807) is 0 Å². The molecule has 96 valence electrons. The largest absolute Gasteiger partial charge is 0.381 e. The Morgan fingerprint density at radius 1 is 1.50 bits per heavy atom. The smallest absolute Gasteiger partial charge is 0.281 e. The van der Waals surface area contributed by atoms with Crippen molar-refractivity contribution in [2.24, 2.45) is 7.05 Å². The first kappa shape index (κ1) is 12.7. The van der Waals surface area contributed by atoms with Gasteiger partial charge in [0.2, 0.25) is 0 Å². The lowest BCUT2D eigenvalue weighted by molar-refractivity contribution is 0.592. The van der Waals surface area contributed by atoms with Crippen molar-refractivity contribution in [1.82, 2.24) is 14.5 Å². The summed E-state index contributed by atoms with van der Waals surface area (Å²) in [5.74, 6) is -0.0787. The fraction of sp³-hybridized carbons (Fsp3) is 0.111. The van der Waals surface area contributed by atoms with Crippen LogP contribution in [0.3, 0.4) is 0 Å². The number of rotatable bonds is 3. The number of hydrogen-bond acceptors (Lipinski definition) is 5. The molecule has 0 unspecified atom stereocenters. The van der Waals surface area contributed by atoms with Gasteiger partial charge in [0, 0.05) is 13.2 Å². The van der Waals surface area contributed by atoms with Gasteiger partial charge >= 0.3 is 0 Å². The van der Waals surface area contributed by atoms with Gasteiger partial charge in [-0.15, -0.1) is 0 Å². The van der Waals surface area contributed by atoms with Gasteiger partial charge in [0.05, 0.1) is 23.2 Å². The molecule has 0 amide bonds. The Labute approximate surface area is 109 Å². The fourth-order valence-corrected chi connectivity index (χ4v) is 2.92. The van der Waals surface area contributed by atoms with Crippen molar-refractivity contribution in [1.29, 1.82) is 0 Å². The second-order valence-corrected chi connectivity index (χ2v) is 5.51. The molecule has 0 bridgehead atoms. The van der Waals surface area contributed by atoms with E-state index in [4.69, 9.17) is 17.3 Å². The molecule has 2 heterocycles. The van der Waals surface area contributed by atoms with Crippen LogP contribution in [0.25, 0.3) is 0 Å². The maximum Gasteiger partial charge on any atom is 0.281 e. The van der Waals surface area contributed by atoms with Gasteiger partial charge in [0.15, 0.2) is 10.8 Å². The van der Waals surface area contributed by atoms with E-state index in [0.717, 1.165) is 0 Å². The van der Waals surface area contributed by atoms with Crippen molar-refractivity contribution in [3.63, 3.8) is 0 Å². The summed E-state index contributed by atoms with van der Waals surface area (Å²) in [4.78, 5) is 7.51. The molecule has 7 nitrogen and oxygen atoms in total. The van der Waals surface area contributed by atoms with Crippen molar-refractivity contribution in [2.45, 2.75) is 5.03 Å². The van der Waals surface area contributed by atoms with E-state index in [2.05, 4.69) is 14.7 Å². The topological polar surface area (TPSA) is 103 Å². The molecule has 0 spiro atoms. The number of sulfonamides is 1. The molecule has 0 aliphatic carbocycles. The molecule has 2 rings (SSSR count). The van der Waals surface area contributed by atoms with Crippen molar-refractivity contribution in [3.8, 4) is 0 Å². The van der Waals surface area contributed by atoms with Crippen LogP contribution in [0.4, 0.5) is 11.5 Å². The van der Waals surface area contributed by atoms with E-state index in [1.165, 1.54) is 36.4 Å². The SMILES string of the molecule is Cn1cnc(N)c1S(=O)(=O)Nc1cnccc1Cl. The van der Waals surface area contributed by atoms with Crippen LogP contribution >= 0.6 is 11.6 Å². The number of imidazole rings is 1. The predicted molar refractivity (Wildman–Crippen MR) is 67.7 cm³/mol. The maximum atomic E-state index is 12.1. The number of anilines is 2. The summed E-state index contributed by atoms with van der Waals surface area (Å²) in [5.41, 5.74) is 5.70. The molecule has 9 heteroatoms. The third-order valence-electron chi connectivity index (χ3n) is 2.18. The van der Waals surface area contributed by atoms with E-state index in [9.17, 15) is 8.42 Å². The van der Waals surface area contributed by atoms with Gasteiger partial charge in [0.1, 0.15) is 0 Å². The van der Waals surface area contributed by atoms with Gasteiger partial charge in [-0.2, -0.15) is 8.42 Å². The molecule has 0 aliphatic rings. The molecule has 3 N–H and O–H groups in total. The summed E-state index contributed by atoms with van der Waals surface area (Å²) in [6.45, 7) is 0. The third-order valence-corrected chi connectivity index (χ3v) is 4.00. The molecule has 2 aromatic heterocycles. The summed E-state index contributed by atoms with van der Waals surface area (Å²) in [5, 5.41) is 0.122. The van der Waals surface area contributed by atoms with Gasteiger partial charge in [-0.05, 0) is 6.07 Å². The van der Waals surface area contributed by atoms with Crippen LogP contribution in [0, 0.1) is 0 Å². The number of halogens is 1. The zero-order chi connectivity index (χ0) is 13.3. The Hall–Kier alpha value is -1.80. The van der Waals surface area contributed by atoms with Crippen molar-refractivity contribution in [3.05, 3.63) is 29.8 Å². The molecule has 0 saturated carbocycles. The molecular weight excluding hydrogens is 278 g/mol. The zero-order valence-corrected chi connectivity index (χ0v) is 10.9. The van der Waals surface area contributed by atoms with Crippen LogP contribution in [0.1, 0.15) is 0 Å². The van der Waals surface area contributed by atoms with Crippen LogP contribution in [0.15, 0.2) is 29.8 Å². The van der Waals surface area contributed by atoms with E-state index in [0.29, 0.717) is 0 Å². The third kappa shape index (κ3) is 2.24. The van der Waals surface area contributed by atoms with Crippen LogP contribution < -0.4 is 10.5 Å². The van der Waals surface area contributed by atoms with Crippen LogP contribution in [-0.2, 0) is 17.1 Å². The quantitative estimate of drug-likeness (QED) is 0.871. The number of pyridine rings is 1. The highest BCUT2D eigenvalue weighted by Crippen LogP contribution is 2.24. The minimum atomic E-state index is -3.85. The van der Waals surface area contributed by atoms with Crippen LogP contribution in [0.2, 0.25) is 5.02 Å². The zero-order valence-electron chi connectivity index (χ0n) is 9.33. The molecular formula is C9H10ClN5O2S. The van der Waals surface area contributed by atoms with Gasteiger partial charge in [-0.1, -0.05) is 11.6 Å². The molecule has 0 fully saturated rings. The van der Waals surface area contributed by atoms with Crippen molar-refractivity contribution < 1.29 is 8.42 Å². The monoisotopic (exact) mass is 287 g/mol. The van der Waals surface area contributed by atoms with E-state index >= 15 is 0 Å². The van der Waals surface area contributed by atoms with Gasteiger partial charge in [-0.3, -0.25) is 9.71 Å². The van der Waals surface area contributed by atoms with Crippen LogP contribution in [-0.4, -0.2) is 23.0 Å². The maximum absolute atomic E-state index is 12.1. The minimum Gasteiger partial charge on any atom is -0.381 e. The minimum absolute atomic E-state index is 0.0787. The average molecular weight is 288 g/mol. The predicted octanol–water partition coefficient (Wildman–Crippen LogP) is 0.851. The molecule has 0 aromatic carbocycles. The number of nitrogen functional groups attached to an aromatic ring is 1.